The van der Waals surface area contributed by atoms with Gasteiger partial charge in [0.15, 0.2) is 5.13 Å². The van der Waals surface area contributed by atoms with Gasteiger partial charge in [-0.2, -0.15) is 0 Å². The van der Waals surface area contributed by atoms with Crippen LogP contribution >= 0.6 is 34.5 Å². The van der Waals surface area contributed by atoms with E-state index in [-0.39, 0.29) is 12.3 Å². The molecular weight excluding hydrogens is 409 g/mol. The first kappa shape index (κ1) is 19.1. The molecule has 0 aliphatic heterocycles. The van der Waals surface area contributed by atoms with E-state index in [1.807, 2.05) is 0 Å². The summed E-state index contributed by atoms with van der Waals surface area (Å²) in [7, 11) is 0. The first-order chi connectivity index (χ1) is 13.0. The first-order valence-corrected chi connectivity index (χ1v) is 9.31. The number of benzene rings is 1. The molecule has 0 aliphatic carbocycles. The van der Waals surface area contributed by atoms with Crippen LogP contribution < -0.4 is 16.0 Å². The molecular formula is C17H13Cl2N5O2S. The molecule has 0 radical (unpaired) electrons. The number of thiazole rings is 1. The lowest BCUT2D eigenvalue weighted by molar-refractivity contribution is -0.115. The Hall–Kier alpha value is -2.68. The molecule has 0 aliphatic rings. The molecule has 3 N–H and O–H groups in total. The summed E-state index contributed by atoms with van der Waals surface area (Å²) in [5.74, 6) is -0.251. The van der Waals surface area contributed by atoms with Crippen molar-refractivity contribution in [2.75, 3.05) is 16.0 Å². The molecule has 2 aromatic heterocycles. The number of amides is 3. The van der Waals surface area contributed by atoms with Gasteiger partial charge in [-0.3, -0.25) is 10.1 Å². The summed E-state index contributed by atoms with van der Waals surface area (Å²) in [5.41, 5.74) is 1.64. The minimum atomic E-state index is -0.449. The Labute approximate surface area is 168 Å². The molecule has 138 valence electrons. The van der Waals surface area contributed by atoms with Crippen molar-refractivity contribution >= 4 is 63.0 Å². The molecule has 3 amide bonds. The summed E-state index contributed by atoms with van der Waals surface area (Å²) in [6.07, 6.45) is 1.53. The van der Waals surface area contributed by atoms with E-state index in [2.05, 4.69) is 25.9 Å². The number of hydrogen-bond acceptors (Lipinski definition) is 5. The van der Waals surface area contributed by atoms with Gasteiger partial charge in [0, 0.05) is 16.1 Å². The highest BCUT2D eigenvalue weighted by atomic mass is 35.5. The largest absolute Gasteiger partial charge is 0.325 e. The van der Waals surface area contributed by atoms with Crippen LogP contribution in [-0.2, 0) is 11.2 Å². The van der Waals surface area contributed by atoms with Crippen LogP contribution in [0.2, 0.25) is 10.2 Å². The van der Waals surface area contributed by atoms with Gasteiger partial charge in [0.25, 0.3) is 0 Å². The van der Waals surface area contributed by atoms with Crippen LogP contribution in [0, 0.1) is 0 Å². The van der Waals surface area contributed by atoms with E-state index in [9.17, 15) is 9.59 Å². The number of nitrogens with one attached hydrogen (secondary N) is 3. The maximum atomic E-state index is 12.1. The second-order valence-electron chi connectivity index (χ2n) is 5.33. The Morgan fingerprint density at radius 1 is 1.04 bits per heavy atom. The van der Waals surface area contributed by atoms with Crippen LogP contribution in [0.25, 0.3) is 0 Å². The molecule has 0 saturated carbocycles. The second kappa shape index (κ2) is 8.81. The van der Waals surface area contributed by atoms with Crippen molar-refractivity contribution in [2.24, 2.45) is 0 Å². The van der Waals surface area contributed by atoms with Crippen molar-refractivity contribution in [1.82, 2.24) is 9.97 Å². The van der Waals surface area contributed by atoms with Crippen molar-refractivity contribution in [3.05, 3.63) is 63.8 Å². The van der Waals surface area contributed by atoms with Crippen molar-refractivity contribution < 1.29 is 9.59 Å². The normalized spacial score (nSPS) is 10.3. The highest BCUT2D eigenvalue weighted by Gasteiger charge is 2.11. The highest BCUT2D eigenvalue weighted by molar-refractivity contribution is 7.14. The van der Waals surface area contributed by atoms with Gasteiger partial charge in [-0.15, -0.1) is 11.3 Å². The number of aromatic nitrogens is 2. The van der Waals surface area contributed by atoms with Crippen LogP contribution in [-0.4, -0.2) is 21.9 Å². The molecule has 0 saturated heterocycles. The van der Waals surface area contributed by atoms with E-state index in [4.69, 9.17) is 23.2 Å². The summed E-state index contributed by atoms with van der Waals surface area (Å²) in [4.78, 5) is 32.2. The monoisotopic (exact) mass is 421 g/mol. The molecule has 2 heterocycles. The summed E-state index contributed by atoms with van der Waals surface area (Å²) >= 11 is 12.8. The van der Waals surface area contributed by atoms with Gasteiger partial charge in [-0.25, -0.2) is 14.8 Å². The van der Waals surface area contributed by atoms with E-state index >= 15 is 0 Å². The van der Waals surface area contributed by atoms with E-state index in [1.54, 1.807) is 41.8 Å². The van der Waals surface area contributed by atoms with Gasteiger partial charge in [0.05, 0.1) is 24.0 Å². The van der Waals surface area contributed by atoms with Crippen LogP contribution in [0.1, 0.15) is 5.69 Å². The molecule has 3 rings (SSSR count). The molecule has 1 aromatic carbocycles. The summed E-state index contributed by atoms with van der Waals surface area (Å²) in [6.45, 7) is 0. The average Bonchev–Trinajstić information content (AvgIpc) is 3.03. The summed E-state index contributed by atoms with van der Waals surface area (Å²) < 4.78 is 0. The van der Waals surface area contributed by atoms with E-state index in [1.165, 1.54) is 17.5 Å². The zero-order valence-corrected chi connectivity index (χ0v) is 16.0. The predicted molar refractivity (Wildman–Crippen MR) is 108 cm³/mol. The first-order valence-electron chi connectivity index (χ1n) is 7.67. The molecule has 10 heteroatoms. The SMILES string of the molecule is O=C(Cc1csc(NC(=O)Nc2cccc(Cl)c2)n1)Nc1ccc(Cl)nc1. The van der Waals surface area contributed by atoms with Crippen LogP contribution in [0.5, 0.6) is 0 Å². The minimum Gasteiger partial charge on any atom is -0.324 e. The quantitative estimate of drug-likeness (QED) is 0.521. The Balaban J connectivity index is 1.52. The van der Waals surface area contributed by atoms with Gasteiger partial charge in [0.1, 0.15) is 5.15 Å². The molecule has 0 bridgehead atoms. The van der Waals surface area contributed by atoms with Crippen LogP contribution in [0.4, 0.5) is 21.3 Å². The number of urea groups is 1. The molecule has 7 nitrogen and oxygen atoms in total. The van der Waals surface area contributed by atoms with Crippen LogP contribution in [0.15, 0.2) is 48.0 Å². The predicted octanol–water partition coefficient (Wildman–Crippen LogP) is 4.67. The van der Waals surface area contributed by atoms with Crippen LogP contribution in [0.3, 0.4) is 0 Å². The summed E-state index contributed by atoms with van der Waals surface area (Å²) in [6, 6.07) is 9.58. The van der Waals surface area contributed by atoms with E-state index in [0.29, 0.717) is 32.4 Å². The number of rotatable bonds is 5. The Kier molecular flexibility index (Phi) is 6.23. The fraction of sp³-hybridized carbons (Fsp3) is 0.0588. The smallest absolute Gasteiger partial charge is 0.324 e. The maximum Gasteiger partial charge on any atom is 0.325 e. The fourth-order valence-electron chi connectivity index (χ4n) is 2.09. The topological polar surface area (TPSA) is 96.0 Å². The molecule has 0 unspecified atom stereocenters. The number of carbonyl (C=O) groups excluding carboxylic acids is 2. The zero-order valence-electron chi connectivity index (χ0n) is 13.7. The van der Waals surface area contributed by atoms with Gasteiger partial charge in [0.2, 0.25) is 5.91 Å². The number of hydrogen-bond donors (Lipinski definition) is 3. The lowest BCUT2D eigenvalue weighted by Crippen LogP contribution is -2.19. The summed E-state index contributed by atoms with van der Waals surface area (Å²) in [5, 5.41) is 10.9. The van der Waals surface area contributed by atoms with Gasteiger partial charge in [-0.05, 0) is 30.3 Å². The zero-order chi connectivity index (χ0) is 19.2. The Morgan fingerprint density at radius 2 is 1.89 bits per heavy atom. The lowest BCUT2D eigenvalue weighted by atomic mass is 10.3. The third-order valence-electron chi connectivity index (χ3n) is 3.21. The van der Waals surface area contributed by atoms with Gasteiger partial charge < -0.3 is 10.6 Å². The molecule has 27 heavy (non-hydrogen) atoms. The standard InChI is InChI=1S/C17H13Cl2N5O2S/c18-10-2-1-3-11(6-10)22-16(26)24-17-23-13(9-27-17)7-15(25)21-12-4-5-14(19)20-8-12/h1-6,8-9H,7H2,(H,21,25)(H2,22,23,24,26). The average molecular weight is 422 g/mol. The Morgan fingerprint density at radius 3 is 2.63 bits per heavy atom. The second-order valence-corrected chi connectivity index (χ2v) is 7.01. The highest BCUT2D eigenvalue weighted by Crippen LogP contribution is 2.18. The third-order valence-corrected chi connectivity index (χ3v) is 4.47. The number of anilines is 3. The van der Waals surface area contributed by atoms with E-state index < -0.39 is 6.03 Å². The Bertz CT molecular complexity index is 962. The third kappa shape index (κ3) is 5.92. The van der Waals surface area contributed by atoms with Gasteiger partial charge in [-0.1, -0.05) is 29.3 Å². The molecule has 0 fully saturated rings. The van der Waals surface area contributed by atoms with Gasteiger partial charge >= 0.3 is 6.03 Å². The maximum absolute atomic E-state index is 12.1. The van der Waals surface area contributed by atoms with Crippen molar-refractivity contribution in [2.45, 2.75) is 6.42 Å². The van der Waals surface area contributed by atoms with Crippen molar-refractivity contribution in [3.63, 3.8) is 0 Å². The number of carbonyl (C=O) groups is 2. The lowest BCUT2D eigenvalue weighted by Gasteiger charge is -2.05. The fourth-order valence-corrected chi connectivity index (χ4v) is 3.10. The van der Waals surface area contributed by atoms with Crippen molar-refractivity contribution in [1.29, 1.82) is 0 Å². The molecule has 0 atom stereocenters. The molecule has 0 spiro atoms. The van der Waals surface area contributed by atoms with Crippen molar-refractivity contribution in [3.8, 4) is 0 Å². The number of halogens is 2. The number of nitrogens with zero attached hydrogens (tertiary/aromatic N) is 2. The number of pyridine rings is 1. The molecule has 3 aromatic rings. The minimum absolute atomic E-state index is 0.0662. The van der Waals surface area contributed by atoms with E-state index in [0.717, 1.165) is 0 Å².